The van der Waals surface area contributed by atoms with E-state index in [0.717, 1.165) is 28.9 Å². The number of alkyl halides is 3. The Morgan fingerprint density at radius 2 is 1.70 bits per heavy atom. The molecule has 0 unspecified atom stereocenters. The van der Waals surface area contributed by atoms with Crippen LogP contribution in [0.3, 0.4) is 0 Å². The van der Waals surface area contributed by atoms with Crippen LogP contribution in [-0.4, -0.2) is 37.8 Å². The average Bonchev–Trinajstić information content (AvgIpc) is 2.84. The van der Waals surface area contributed by atoms with Crippen LogP contribution in [0.5, 0.6) is 5.88 Å². The fourth-order valence-electron chi connectivity index (χ4n) is 4.00. The molecule has 1 aliphatic heterocycles. The monoisotopic (exact) mass is 452 g/mol. The molecule has 1 fully saturated rings. The van der Waals surface area contributed by atoms with Gasteiger partial charge in [-0.1, -0.05) is 12.1 Å². The van der Waals surface area contributed by atoms with Gasteiger partial charge in [-0.25, -0.2) is 4.98 Å². The van der Waals surface area contributed by atoms with Gasteiger partial charge in [0.25, 0.3) is 0 Å². The van der Waals surface area contributed by atoms with Gasteiger partial charge in [-0.2, -0.15) is 18.4 Å². The SMILES string of the molecule is CCOc1ncccc1-c1ccc(N2CCN(c3ccc(C(F)(F)F)cc3C#N)CC2)cc1. The lowest BCUT2D eigenvalue weighted by Crippen LogP contribution is -2.46. The summed E-state index contributed by atoms with van der Waals surface area (Å²) in [6, 6.07) is 17.3. The fraction of sp³-hybridized carbons (Fsp3) is 0.280. The number of hydrogen-bond donors (Lipinski definition) is 0. The molecule has 4 rings (SSSR count). The number of anilines is 2. The molecule has 1 aliphatic rings. The zero-order valence-electron chi connectivity index (χ0n) is 18.1. The van der Waals surface area contributed by atoms with Gasteiger partial charge in [0.2, 0.25) is 5.88 Å². The van der Waals surface area contributed by atoms with E-state index in [1.165, 1.54) is 6.07 Å². The van der Waals surface area contributed by atoms with Crippen molar-refractivity contribution in [3.05, 3.63) is 71.9 Å². The third-order valence-corrected chi connectivity index (χ3v) is 5.66. The van der Waals surface area contributed by atoms with Crippen molar-refractivity contribution < 1.29 is 17.9 Å². The summed E-state index contributed by atoms with van der Waals surface area (Å²) in [7, 11) is 0. The molecule has 8 heteroatoms. The summed E-state index contributed by atoms with van der Waals surface area (Å²) in [4.78, 5) is 8.49. The van der Waals surface area contributed by atoms with E-state index in [1.807, 2.05) is 54.3 Å². The summed E-state index contributed by atoms with van der Waals surface area (Å²) in [6.45, 7) is 5.08. The predicted octanol–water partition coefficient (Wildman–Crippen LogP) is 5.36. The van der Waals surface area contributed by atoms with E-state index in [-0.39, 0.29) is 5.56 Å². The highest BCUT2D eigenvalue weighted by molar-refractivity contribution is 5.70. The highest BCUT2D eigenvalue weighted by Crippen LogP contribution is 2.34. The molecule has 1 saturated heterocycles. The number of aromatic nitrogens is 1. The normalized spacial score (nSPS) is 14.2. The quantitative estimate of drug-likeness (QED) is 0.521. The van der Waals surface area contributed by atoms with Crippen molar-refractivity contribution in [2.24, 2.45) is 0 Å². The Morgan fingerprint density at radius 1 is 1.00 bits per heavy atom. The third-order valence-electron chi connectivity index (χ3n) is 5.66. The number of halogens is 3. The highest BCUT2D eigenvalue weighted by Gasteiger charge is 2.31. The molecule has 0 bridgehead atoms. The number of benzene rings is 2. The number of nitrogens with zero attached hydrogens (tertiary/aromatic N) is 4. The van der Waals surface area contributed by atoms with Crippen LogP contribution < -0.4 is 14.5 Å². The van der Waals surface area contributed by atoms with Crippen LogP contribution in [0, 0.1) is 11.3 Å². The predicted molar refractivity (Wildman–Crippen MR) is 121 cm³/mol. The van der Waals surface area contributed by atoms with Crippen molar-refractivity contribution in [2.45, 2.75) is 13.1 Å². The molecule has 0 N–H and O–H groups in total. The topological polar surface area (TPSA) is 52.4 Å². The van der Waals surface area contributed by atoms with E-state index < -0.39 is 11.7 Å². The number of ether oxygens (including phenoxy) is 1. The minimum absolute atomic E-state index is 0.0456. The first-order chi connectivity index (χ1) is 15.9. The summed E-state index contributed by atoms with van der Waals surface area (Å²) >= 11 is 0. The molecule has 1 aromatic heterocycles. The molecule has 0 spiro atoms. The van der Waals surface area contributed by atoms with E-state index in [0.29, 0.717) is 44.4 Å². The first-order valence-electron chi connectivity index (χ1n) is 10.7. The second-order valence-electron chi connectivity index (χ2n) is 7.65. The lowest BCUT2D eigenvalue weighted by Gasteiger charge is -2.37. The maximum absolute atomic E-state index is 13.0. The Balaban J connectivity index is 1.45. The maximum Gasteiger partial charge on any atom is 0.416 e. The zero-order chi connectivity index (χ0) is 23.4. The Hall–Kier alpha value is -3.73. The van der Waals surface area contributed by atoms with Crippen molar-refractivity contribution in [1.29, 1.82) is 5.26 Å². The van der Waals surface area contributed by atoms with Crippen molar-refractivity contribution in [1.82, 2.24) is 4.98 Å². The Bertz CT molecular complexity index is 1150. The first-order valence-corrected chi connectivity index (χ1v) is 10.7. The molecule has 2 heterocycles. The number of rotatable bonds is 5. The zero-order valence-corrected chi connectivity index (χ0v) is 18.1. The smallest absolute Gasteiger partial charge is 0.416 e. The van der Waals surface area contributed by atoms with Gasteiger partial charge >= 0.3 is 6.18 Å². The molecule has 0 saturated carbocycles. The lowest BCUT2D eigenvalue weighted by atomic mass is 10.1. The molecule has 0 aliphatic carbocycles. The van der Waals surface area contributed by atoms with Gasteiger partial charge in [0.1, 0.15) is 6.07 Å². The van der Waals surface area contributed by atoms with Gasteiger partial charge < -0.3 is 14.5 Å². The van der Waals surface area contributed by atoms with Crippen molar-refractivity contribution in [3.8, 4) is 23.1 Å². The summed E-state index contributed by atoms with van der Waals surface area (Å²) < 4.78 is 44.5. The minimum Gasteiger partial charge on any atom is -0.478 e. The third kappa shape index (κ3) is 4.87. The summed E-state index contributed by atoms with van der Waals surface area (Å²) in [5.41, 5.74) is 2.79. The van der Waals surface area contributed by atoms with Gasteiger partial charge in [0, 0.05) is 43.6 Å². The molecular weight excluding hydrogens is 429 g/mol. The molecule has 2 aromatic carbocycles. The highest BCUT2D eigenvalue weighted by atomic mass is 19.4. The van der Waals surface area contributed by atoms with E-state index in [4.69, 9.17) is 4.74 Å². The van der Waals surface area contributed by atoms with Crippen LogP contribution >= 0.6 is 0 Å². The first kappa shape index (κ1) is 22.5. The van der Waals surface area contributed by atoms with Crippen LogP contribution in [0.1, 0.15) is 18.1 Å². The molecule has 5 nitrogen and oxygen atoms in total. The Morgan fingerprint density at radius 3 is 2.33 bits per heavy atom. The standard InChI is InChI=1S/C25H23F3N4O/c1-2-33-24-22(4-3-11-30-24)18-5-8-21(9-6-18)31-12-14-32(15-13-31)23-10-7-20(25(26,27)28)16-19(23)17-29/h3-11,16H,2,12-15H2,1H3. The van der Waals surface area contributed by atoms with Crippen LogP contribution in [0.2, 0.25) is 0 Å². The number of hydrogen-bond acceptors (Lipinski definition) is 5. The molecule has 3 aromatic rings. The van der Waals surface area contributed by atoms with Gasteiger partial charge in [-0.05, 0) is 55.0 Å². The molecule has 0 amide bonds. The molecule has 33 heavy (non-hydrogen) atoms. The number of pyridine rings is 1. The number of nitriles is 1. The van der Waals surface area contributed by atoms with Crippen LogP contribution in [0.25, 0.3) is 11.1 Å². The van der Waals surface area contributed by atoms with Crippen molar-refractivity contribution >= 4 is 11.4 Å². The van der Waals surface area contributed by atoms with Crippen molar-refractivity contribution in [3.63, 3.8) is 0 Å². The second kappa shape index (κ2) is 9.41. The van der Waals surface area contributed by atoms with E-state index >= 15 is 0 Å². The second-order valence-corrected chi connectivity index (χ2v) is 7.65. The maximum atomic E-state index is 13.0. The fourth-order valence-corrected chi connectivity index (χ4v) is 4.00. The van der Waals surface area contributed by atoms with Gasteiger partial charge in [-0.3, -0.25) is 0 Å². The van der Waals surface area contributed by atoms with Gasteiger partial charge in [-0.15, -0.1) is 0 Å². The lowest BCUT2D eigenvalue weighted by molar-refractivity contribution is -0.137. The van der Waals surface area contributed by atoms with Crippen LogP contribution in [-0.2, 0) is 6.18 Å². The molecular formula is C25H23F3N4O. The Kier molecular flexibility index (Phi) is 6.40. The summed E-state index contributed by atoms with van der Waals surface area (Å²) in [5.74, 6) is 0.603. The molecule has 0 atom stereocenters. The van der Waals surface area contributed by atoms with E-state index in [2.05, 4.69) is 9.88 Å². The van der Waals surface area contributed by atoms with Gasteiger partial charge in [0.05, 0.1) is 23.4 Å². The van der Waals surface area contributed by atoms with E-state index in [9.17, 15) is 18.4 Å². The van der Waals surface area contributed by atoms with Crippen molar-refractivity contribution in [2.75, 3.05) is 42.6 Å². The molecule has 170 valence electrons. The number of piperazine rings is 1. The Labute approximate surface area is 190 Å². The van der Waals surface area contributed by atoms with E-state index in [1.54, 1.807) is 6.20 Å². The summed E-state index contributed by atoms with van der Waals surface area (Å²) in [5, 5.41) is 9.37. The van der Waals surface area contributed by atoms with Crippen LogP contribution in [0.4, 0.5) is 24.5 Å². The molecule has 0 radical (unpaired) electrons. The van der Waals surface area contributed by atoms with Crippen LogP contribution in [0.15, 0.2) is 60.8 Å². The largest absolute Gasteiger partial charge is 0.478 e. The van der Waals surface area contributed by atoms with Gasteiger partial charge in [0.15, 0.2) is 0 Å². The average molecular weight is 452 g/mol. The summed E-state index contributed by atoms with van der Waals surface area (Å²) in [6.07, 6.45) is -2.76. The minimum atomic E-state index is -4.46.